The highest BCUT2D eigenvalue weighted by Crippen LogP contribution is 2.24. The Labute approximate surface area is 101 Å². The SMILES string of the molecule is Cl.Cl.c1ccc2c3c([nH]c2c1)CNCC3. The van der Waals surface area contributed by atoms with Crippen LogP contribution in [0.25, 0.3) is 10.9 Å². The zero-order chi connectivity index (χ0) is 8.67. The lowest BCUT2D eigenvalue weighted by molar-refractivity contribution is 0.637. The molecule has 1 aliphatic rings. The monoisotopic (exact) mass is 244 g/mol. The van der Waals surface area contributed by atoms with Gasteiger partial charge in [-0.15, -0.1) is 24.8 Å². The van der Waals surface area contributed by atoms with E-state index in [0.29, 0.717) is 0 Å². The topological polar surface area (TPSA) is 27.8 Å². The number of halogens is 2. The summed E-state index contributed by atoms with van der Waals surface area (Å²) in [6, 6.07) is 8.54. The van der Waals surface area contributed by atoms with Crippen LogP contribution in [0.5, 0.6) is 0 Å². The van der Waals surface area contributed by atoms with E-state index in [2.05, 4.69) is 34.6 Å². The fourth-order valence-corrected chi connectivity index (χ4v) is 2.12. The van der Waals surface area contributed by atoms with E-state index in [-0.39, 0.29) is 24.8 Å². The highest BCUT2D eigenvalue weighted by atomic mass is 35.5. The molecule has 1 aliphatic heterocycles. The summed E-state index contributed by atoms with van der Waals surface area (Å²) in [7, 11) is 0. The van der Waals surface area contributed by atoms with Crippen molar-refractivity contribution in [3.8, 4) is 0 Å². The molecule has 1 aromatic carbocycles. The first-order valence-electron chi connectivity index (χ1n) is 4.74. The molecule has 0 radical (unpaired) electrons. The summed E-state index contributed by atoms with van der Waals surface area (Å²) in [4.78, 5) is 3.45. The van der Waals surface area contributed by atoms with Crippen LogP contribution in [0, 0.1) is 0 Å². The van der Waals surface area contributed by atoms with Crippen molar-refractivity contribution in [1.82, 2.24) is 10.3 Å². The van der Waals surface area contributed by atoms with Crippen LogP contribution in [0.2, 0.25) is 0 Å². The number of H-pyrrole nitrogens is 1. The molecule has 0 bridgehead atoms. The Morgan fingerprint density at radius 2 is 1.87 bits per heavy atom. The van der Waals surface area contributed by atoms with Gasteiger partial charge in [0, 0.05) is 23.1 Å². The molecule has 4 heteroatoms. The van der Waals surface area contributed by atoms with Crippen molar-refractivity contribution < 1.29 is 0 Å². The summed E-state index contributed by atoms with van der Waals surface area (Å²) >= 11 is 0. The average Bonchev–Trinajstić information content (AvgIpc) is 2.56. The van der Waals surface area contributed by atoms with Gasteiger partial charge in [0.1, 0.15) is 0 Å². The van der Waals surface area contributed by atoms with Crippen LogP contribution in [0.4, 0.5) is 0 Å². The molecule has 1 aromatic heterocycles. The Morgan fingerprint density at radius 1 is 1.07 bits per heavy atom. The van der Waals surface area contributed by atoms with Gasteiger partial charge in [-0.3, -0.25) is 0 Å². The molecule has 15 heavy (non-hydrogen) atoms. The maximum atomic E-state index is 3.45. The minimum atomic E-state index is 0. The Bertz CT molecular complexity index is 451. The molecule has 0 saturated heterocycles. The van der Waals surface area contributed by atoms with Gasteiger partial charge in [-0.2, -0.15) is 0 Å². The predicted molar refractivity (Wildman–Crippen MR) is 68.2 cm³/mol. The molecule has 0 spiro atoms. The molecule has 2 N–H and O–H groups in total. The van der Waals surface area contributed by atoms with Crippen LogP contribution in [-0.4, -0.2) is 11.5 Å². The van der Waals surface area contributed by atoms with Gasteiger partial charge in [-0.1, -0.05) is 18.2 Å². The van der Waals surface area contributed by atoms with Crippen molar-refractivity contribution in [2.24, 2.45) is 0 Å². The van der Waals surface area contributed by atoms with E-state index < -0.39 is 0 Å². The van der Waals surface area contributed by atoms with E-state index >= 15 is 0 Å². The molecular formula is C11H14Cl2N2. The summed E-state index contributed by atoms with van der Waals surface area (Å²) in [5.41, 5.74) is 4.15. The van der Waals surface area contributed by atoms with Crippen molar-refractivity contribution >= 4 is 35.7 Å². The smallest absolute Gasteiger partial charge is 0.0459 e. The van der Waals surface area contributed by atoms with E-state index in [1.165, 1.54) is 22.2 Å². The summed E-state index contributed by atoms with van der Waals surface area (Å²) in [6.45, 7) is 2.10. The first kappa shape index (κ1) is 12.4. The van der Waals surface area contributed by atoms with Crippen molar-refractivity contribution in [1.29, 1.82) is 0 Å². The van der Waals surface area contributed by atoms with Crippen molar-refractivity contribution in [2.45, 2.75) is 13.0 Å². The third-order valence-corrected chi connectivity index (χ3v) is 2.76. The van der Waals surface area contributed by atoms with E-state index in [0.717, 1.165) is 19.5 Å². The van der Waals surface area contributed by atoms with Crippen LogP contribution >= 0.6 is 24.8 Å². The van der Waals surface area contributed by atoms with Gasteiger partial charge in [-0.25, -0.2) is 0 Å². The summed E-state index contributed by atoms with van der Waals surface area (Å²) in [5.74, 6) is 0. The van der Waals surface area contributed by atoms with Crippen molar-refractivity contribution in [2.75, 3.05) is 6.54 Å². The Hall–Kier alpha value is -0.700. The number of para-hydroxylation sites is 1. The second kappa shape index (κ2) is 4.88. The molecule has 0 unspecified atom stereocenters. The zero-order valence-electron chi connectivity index (χ0n) is 8.25. The fourth-order valence-electron chi connectivity index (χ4n) is 2.12. The summed E-state index contributed by atoms with van der Waals surface area (Å²) in [5, 5.41) is 4.77. The number of aromatic nitrogens is 1. The van der Waals surface area contributed by atoms with Gasteiger partial charge in [0.15, 0.2) is 0 Å². The molecule has 2 aromatic rings. The summed E-state index contributed by atoms with van der Waals surface area (Å²) < 4.78 is 0. The Kier molecular flexibility index (Phi) is 4.03. The average molecular weight is 245 g/mol. The first-order valence-corrected chi connectivity index (χ1v) is 4.74. The van der Waals surface area contributed by atoms with E-state index in [1.807, 2.05) is 0 Å². The third kappa shape index (κ3) is 1.98. The van der Waals surface area contributed by atoms with Crippen LogP contribution < -0.4 is 5.32 Å². The molecular weight excluding hydrogens is 231 g/mol. The lowest BCUT2D eigenvalue weighted by Gasteiger charge is -2.12. The van der Waals surface area contributed by atoms with Gasteiger partial charge in [0.05, 0.1) is 0 Å². The Balaban J connectivity index is 0.000000562. The minimum Gasteiger partial charge on any atom is -0.357 e. The zero-order valence-corrected chi connectivity index (χ0v) is 9.88. The second-order valence-corrected chi connectivity index (χ2v) is 3.55. The first-order chi connectivity index (χ1) is 6.45. The molecule has 2 heterocycles. The molecule has 2 nitrogen and oxygen atoms in total. The van der Waals surface area contributed by atoms with E-state index in [9.17, 15) is 0 Å². The van der Waals surface area contributed by atoms with Gasteiger partial charge in [0.25, 0.3) is 0 Å². The minimum absolute atomic E-state index is 0. The maximum Gasteiger partial charge on any atom is 0.0459 e. The van der Waals surface area contributed by atoms with E-state index in [4.69, 9.17) is 0 Å². The van der Waals surface area contributed by atoms with Crippen molar-refractivity contribution in [3.05, 3.63) is 35.5 Å². The molecule has 0 atom stereocenters. The predicted octanol–water partition coefficient (Wildman–Crippen LogP) is 2.66. The van der Waals surface area contributed by atoms with E-state index in [1.54, 1.807) is 0 Å². The van der Waals surface area contributed by atoms with Gasteiger partial charge in [-0.05, 0) is 24.6 Å². The highest BCUT2D eigenvalue weighted by molar-refractivity contribution is 5.86. The molecule has 0 saturated carbocycles. The van der Waals surface area contributed by atoms with Crippen LogP contribution in [0.1, 0.15) is 11.3 Å². The van der Waals surface area contributed by atoms with Crippen LogP contribution in [0.3, 0.4) is 0 Å². The lowest BCUT2D eigenvalue weighted by Crippen LogP contribution is -2.22. The number of hydrogen-bond acceptors (Lipinski definition) is 1. The number of rotatable bonds is 0. The molecule has 0 amide bonds. The van der Waals surface area contributed by atoms with Crippen LogP contribution in [-0.2, 0) is 13.0 Å². The molecule has 82 valence electrons. The van der Waals surface area contributed by atoms with Crippen LogP contribution in [0.15, 0.2) is 24.3 Å². The largest absolute Gasteiger partial charge is 0.357 e. The van der Waals surface area contributed by atoms with Crippen molar-refractivity contribution in [3.63, 3.8) is 0 Å². The van der Waals surface area contributed by atoms with Gasteiger partial charge >= 0.3 is 0 Å². The number of benzene rings is 1. The number of fused-ring (bicyclic) bond motifs is 3. The number of aromatic amines is 1. The highest BCUT2D eigenvalue weighted by Gasteiger charge is 2.13. The normalized spacial score (nSPS) is 13.9. The van der Waals surface area contributed by atoms with Gasteiger partial charge < -0.3 is 10.3 Å². The summed E-state index contributed by atoms with van der Waals surface area (Å²) in [6.07, 6.45) is 1.15. The maximum absolute atomic E-state index is 3.45. The fraction of sp³-hybridized carbons (Fsp3) is 0.273. The molecule has 3 rings (SSSR count). The molecule has 0 fully saturated rings. The standard InChI is InChI=1S/C11H12N2.2ClH/c1-2-4-10-8(3-1)9-5-6-12-7-11(9)13-10;;/h1-4,12-13H,5-7H2;2*1H. The second-order valence-electron chi connectivity index (χ2n) is 3.55. The van der Waals surface area contributed by atoms with Gasteiger partial charge in [0.2, 0.25) is 0 Å². The Morgan fingerprint density at radius 3 is 2.73 bits per heavy atom. The quantitative estimate of drug-likeness (QED) is 0.733. The number of hydrogen-bond donors (Lipinski definition) is 2. The third-order valence-electron chi connectivity index (χ3n) is 2.76. The lowest BCUT2D eigenvalue weighted by atomic mass is 10.1. The number of nitrogens with one attached hydrogen (secondary N) is 2. The molecule has 0 aliphatic carbocycles.